The van der Waals surface area contributed by atoms with Gasteiger partial charge in [0.15, 0.2) is 0 Å². The molecule has 0 N–H and O–H groups in total. The topological polar surface area (TPSA) is 57.2 Å². The lowest BCUT2D eigenvalue weighted by molar-refractivity contribution is -0.105. The van der Waals surface area contributed by atoms with Crippen molar-refractivity contribution in [2.24, 2.45) is 0 Å². The van der Waals surface area contributed by atoms with Crippen molar-refractivity contribution in [1.29, 1.82) is 0 Å². The molecule has 1 unspecified atom stereocenters. The number of hydrogen-bond acceptors (Lipinski definition) is 6. The Bertz CT molecular complexity index is 555. The highest BCUT2D eigenvalue weighted by Crippen LogP contribution is 2.32. The van der Waals surface area contributed by atoms with Crippen LogP contribution in [-0.2, 0) is 14.3 Å². The van der Waals surface area contributed by atoms with Gasteiger partial charge in [-0.1, -0.05) is 6.08 Å². The molecule has 0 aromatic heterocycles. The average molecular weight is 293 g/mol. The molecule has 21 heavy (non-hydrogen) atoms. The minimum absolute atomic E-state index is 0.405. The van der Waals surface area contributed by atoms with Crippen molar-refractivity contribution in [2.45, 2.75) is 13.2 Å². The third-order valence-corrected chi connectivity index (χ3v) is 3.27. The number of anilines is 1. The van der Waals surface area contributed by atoms with E-state index in [-0.39, 0.29) is 0 Å². The molecule has 1 atom stereocenters. The number of esters is 1. The third-order valence-electron chi connectivity index (χ3n) is 3.27. The van der Waals surface area contributed by atoms with Crippen molar-refractivity contribution in [1.82, 2.24) is 0 Å². The zero-order chi connectivity index (χ0) is 15.4. The van der Waals surface area contributed by atoms with Crippen LogP contribution in [0.1, 0.15) is 15.9 Å². The summed E-state index contributed by atoms with van der Waals surface area (Å²) in [4.78, 5) is 17.5. The van der Waals surface area contributed by atoms with Gasteiger partial charge in [0.25, 0.3) is 0 Å². The standard InChI is InChI=1S/C15H19NO5/c1-10-12(16-7-5-6-14(19-3)21-16)8-11(15(17)20-4)9-13(10)18-2/h5-6,8-9,14H,7H2,1-4H3. The summed E-state index contributed by atoms with van der Waals surface area (Å²) in [5, 5.41) is 1.67. The first-order chi connectivity index (χ1) is 10.1. The van der Waals surface area contributed by atoms with Gasteiger partial charge in [-0.3, -0.25) is 0 Å². The van der Waals surface area contributed by atoms with Crippen molar-refractivity contribution in [2.75, 3.05) is 32.9 Å². The Kier molecular flexibility index (Phi) is 4.82. The second-order valence-corrected chi connectivity index (χ2v) is 4.51. The molecule has 6 nitrogen and oxygen atoms in total. The molecule has 1 aliphatic rings. The van der Waals surface area contributed by atoms with E-state index in [0.717, 1.165) is 11.3 Å². The lowest BCUT2D eigenvalue weighted by Gasteiger charge is -2.30. The fourth-order valence-electron chi connectivity index (χ4n) is 2.13. The summed E-state index contributed by atoms with van der Waals surface area (Å²) in [6, 6.07) is 3.37. The Morgan fingerprint density at radius 1 is 1.33 bits per heavy atom. The number of hydroxylamine groups is 1. The highest BCUT2D eigenvalue weighted by atomic mass is 16.8. The molecule has 2 rings (SSSR count). The van der Waals surface area contributed by atoms with Crippen LogP contribution in [0.3, 0.4) is 0 Å². The minimum Gasteiger partial charge on any atom is -0.496 e. The molecule has 0 fully saturated rings. The molecule has 1 aromatic carbocycles. The van der Waals surface area contributed by atoms with Gasteiger partial charge in [-0.05, 0) is 25.1 Å². The van der Waals surface area contributed by atoms with Gasteiger partial charge >= 0.3 is 5.97 Å². The van der Waals surface area contributed by atoms with Crippen molar-refractivity contribution in [3.63, 3.8) is 0 Å². The summed E-state index contributed by atoms with van der Waals surface area (Å²) in [7, 11) is 4.47. The normalized spacial score (nSPS) is 17.7. The zero-order valence-corrected chi connectivity index (χ0v) is 12.6. The summed E-state index contributed by atoms with van der Waals surface area (Å²) in [5.74, 6) is 0.172. The van der Waals surface area contributed by atoms with Gasteiger partial charge in [0.05, 0.1) is 32.0 Å². The Morgan fingerprint density at radius 3 is 2.71 bits per heavy atom. The number of hydrogen-bond donors (Lipinski definition) is 0. The molecule has 1 heterocycles. The van der Waals surface area contributed by atoms with Crippen molar-refractivity contribution < 1.29 is 23.8 Å². The molecule has 0 amide bonds. The fourth-order valence-corrected chi connectivity index (χ4v) is 2.13. The van der Waals surface area contributed by atoms with E-state index in [2.05, 4.69) is 0 Å². The van der Waals surface area contributed by atoms with Crippen LogP contribution in [0, 0.1) is 6.92 Å². The quantitative estimate of drug-likeness (QED) is 0.625. The lowest BCUT2D eigenvalue weighted by Crippen LogP contribution is -2.34. The molecule has 0 saturated carbocycles. The van der Waals surface area contributed by atoms with Gasteiger partial charge < -0.3 is 14.2 Å². The molecule has 6 heteroatoms. The predicted octanol–water partition coefficient (Wildman–Crippen LogP) is 2.07. The molecular weight excluding hydrogens is 274 g/mol. The van der Waals surface area contributed by atoms with Crippen LogP contribution in [-0.4, -0.2) is 40.1 Å². The molecular formula is C15H19NO5. The summed E-state index contributed by atoms with van der Waals surface area (Å²) >= 11 is 0. The van der Waals surface area contributed by atoms with Crippen LogP contribution in [0.15, 0.2) is 24.3 Å². The van der Waals surface area contributed by atoms with E-state index in [1.165, 1.54) is 7.11 Å². The monoisotopic (exact) mass is 293 g/mol. The van der Waals surface area contributed by atoms with Crippen LogP contribution in [0.4, 0.5) is 5.69 Å². The van der Waals surface area contributed by atoms with Crippen LogP contribution in [0.25, 0.3) is 0 Å². The van der Waals surface area contributed by atoms with Gasteiger partial charge in [-0.15, -0.1) is 0 Å². The Morgan fingerprint density at radius 2 is 2.10 bits per heavy atom. The molecule has 0 saturated heterocycles. The second kappa shape index (κ2) is 6.60. The molecule has 0 spiro atoms. The average Bonchev–Trinajstić information content (AvgIpc) is 2.54. The van der Waals surface area contributed by atoms with E-state index in [4.69, 9.17) is 19.0 Å². The van der Waals surface area contributed by atoms with Gasteiger partial charge in [0.2, 0.25) is 6.29 Å². The van der Waals surface area contributed by atoms with Crippen LogP contribution in [0.2, 0.25) is 0 Å². The van der Waals surface area contributed by atoms with E-state index >= 15 is 0 Å². The van der Waals surface area contributed by atoms with Crippen LogP contribution < -0.4 is 9.80 Å². The predicted molar refractivity (Wildman–Crippen MR) is 77.4 cm³/mol. The molecule has 114 valence electrons. The van der Waals surface area contributed by atoms with Gasteiger partial charge in [-0.2, -0.15) is 0 Å². The Hall–Kier alpha value is -2.05. The molecule has 0 aliphatic carbocycles. The van der Waals surface area contributed by atoms with E-state index in [1.807, 2.05) is 19.1 Å². The van der Waals surface area contributed by atoms with Crippen LogP contribution in [0.5, 0.6) is 5.75 Å². The number of ether oxygens (including phenoxy) is 3. The maximum absolute atomic E-state index is 11.8. The van der Waals surface area contributed by atoms with E-state index in [0.29, 0.717) is 17.9 Å². The Balaban J connectivity index is 2.42. The first kappa shape index (κ1) is 15.3. The maximum atomic E-state index is 11.8. The number of nitrogens with zero attached hydrogens (tertiary/aromatic N) is 1. The third kappa shape index (κ3) is 3.17. The maximum Gasteiger partial charge on any atom is 0.338 e. The number of benzene rings is 1. The second-order valence-electron chi connectivity index (χ2n) is 4.51. The van der Waals surface area contributed by atoms with Gasteiger partial charge in [-0.25, -0.2) is 14.7 Å². The van der Waals surface area contributed by atoms with E-state index in [9.17, 15) is 4.79 Å². The van der Waals surface area contributed by atoms with Crippen molar-refractivity contribution in [3.05, 3.63) is 35.4 Å². The number of methoxy groups -OCH3 is 3. The van der Waals surface area contributed by atoms with E-state index in [1.54, 1.807) is 31.4 Å². The van der Waals surface area contributed by atoms with Crippen molar-refractivity contribution >= 4 is 11.7 Å². The van der Waals surface area contributed by atoms with Gasteiger partial charge in [0.1, 0.15) is 5.75 Å². The minimum atomic E-state index is -0.453. The lowest BCUT2D eigenvalue weighted by atomic mass is 10.1. The number of carbonyl (C=O) groups excluding carboxylic acids is 1. The number of rotatable bonds is 4. The molecule has 1 aliphatic heterocycles. The highest BCUT2D eigenvalue weighted by Gasteiger charge is 2.21. The highest BCUT2D eigenvalue weighted by molar-refractivity contribution is 5.91. The molecule has 1 aromatic rings. The summed E-state index contributed by atoms with van der Waals surface area (Å²) in [5.41, 5.74) is 2.01. The van der Waals surface area contributed by atoms with E-state index < -0.39 is 12.3 Å². The first-order valence-electron chi connectivity index (χ1n) is 6.51. The Labute approximate surface area is 123 Å². The largest absolute Gasteiger partial charge is 0.496 e. The van der Waals surface area contributed by atoms with Crippen LogP contribution >= 0.6 is 0 Å². The fraction of sp³-hybridized carbons (Fsp3) is 0.400. The summed E-state index contributed by atoms with van der Waals surface area (Å²) in [6.07, 6.45) is 3.31. The smallest absolute Gasteiger partial charge is 0.338 e. The molecule has 0 bridgehead atoms. The van der Waals surface area contributed by atoms with Crippen molar-refractivity contribution in [3.8, 4) is 5.75 Å². The first-order valence-corrected chi connectivity index (χ1v) is 6.51. The van der Waals surface area contributed by atoms with Gasteiger partial charge in [0, 0.05) is 12.7 Å². The SMILES string of the molecule is COC(=O)c1cc(OC)c(C)c(N2CC=CC(OC)O2)c1. The molecule has 0 radical (unpaired) electrons. The zero-order valence-electron chi connectivity index (χ0n) is 12.6. The summed E-state index contributed by atoms with van der Waals surface area (Å²) < 4.78 is 15.3. The number of carbonyl (C=O) groups is 1. The summed E-state index contributed by atoms with van der Waals surface area (Å²) in [6.45, 7) is 2.45.